The van der Waals surface area contributed by atoms with E-state index in [2.05, 4.69) is 11.8 Å². The lowest BCUT2D eigenvalue weighted by atomic mass is 9.76. The maximum atomic E-state index is 11.5. The van der Waals surface area contributed by atoms with Gasteiger partial charge in [0.1, 0.15) is 0 Å². The molecule has 3 nitrogen and oxygen atoms in total. The molecule has 0 saturated heterocycles. The molecule has 1 N–H and O–H groups in total. The first-order valence-corrected chi connectivity index (χ1v) is 8.07. The molecule has 21 heavy (non-hydrogen) atoms. The normalized spacial score (nSPS) is 26.0. The number of nitrogens with zero attached hydrogens (tertiary/aromatic N) is 1. The molecule has 1 aromatic carbocycles. The Labute approximate surface area is 131 Å². The second kappa shape index (κ2) is 7.28. The molecule has 4 heteroatoms. The second-order valence-electron chi connectivity index (χ2n) is 6.11. The highest BCUT2D eigenvalue weighted by atomic mass is 35.5. The lowest BCUT2D eigenvalue weighted by Gasteiger charge is -2.39. The average molecular weight is 310 g/mol. The molecule has 3 unspecified atom stereocenters. The highest BCUT2D eigenvalue weighted by molar-refractivity contribution is 6.31. The smallest absolute Gasteiger partial charge is 0.308 e. The Morgan fingerprint density at radius 2 is 2.10 bits per heavy atom. The van der Waals surface area contributed by atoms with E-state index in [9.17, 15) is 9.90 Å². The summed E-state index contributed by atoms with van der Waals surface area (Å²) in [6, 6.07) is 7.88. The van der Waals surface area contributed by atoms with E-state index in [1.165, 1.54) is 0 Å². The van der Waals surface area contributed by atoms with Crippen molar-refractivity contribution in [3.8, 4) is 0 Å². The summed E-state index contributed by atoms with van der Waals surface area (Å²) in [6.07, 6.45) is 3.91. The van der Waals surface area contributed by atoms with Gasteiger partial charge >= 0.3 is 5.97 Å². The number of carboxylic acids is 1. The largest absolute Gasteiger partial charge is 0.481 e. The van der Waals surface area contributed by atoms with Gasteiger partial charge in [-0.25, -0.2) is 0 Å². The number of benzene rings is 1. The standard InChI is InChI=1S/C17H24ClNO2/c1-3-12-8-9-14(17(20)21)16(10-12)19(2)11-13-6-4-5-7-15(13)18/h4-7,12,14,16H,3,8-11H2,1-2H3,(H,20,21). The monoisotopic (exact) mass is 309 g/mol. The van der Waals surface area contributed by atoms with E-state index >= 15 is 0 Å². The Morgan fingerprint density at radius 1 is 1.38 bits per heavy atom. The zero-order valence-electron chi connectivity index (χ0n) is 12.8. The molecule has 0 amide bonds. The predicted molar refractivity (Wildman–Crippen MR) is 85.5 cm³/mol. The third-order valence-corrected chi connectivity index (χ3v) is 5.13. The van der Waals surface area contributed by atoms with E-state index in [0.29, 0.717) is 12.5 Å². The van der Waals surface area contributed by atoms with E-state index < -0.39 is 5.97 Å². The van der Waals surface area contributed by atoms with Gasteiger partial charge in [0.05, 0.1) is 5.92 Å². The van der Waals surface area contributed by atoms with Crippen LogP contribution in [-0.2, 0) is 11.3 Å². The lowest BCUT2D eigenvalue weighted by molar-refractivity contribution is -0.146. The van der Waals surface area contributed by atoms with E-state index in [-0.39, 0.29) is 12.0 Å². The highest BCUT2D eigenvalue weighted by Gasteiger charge is 2.36. The summed E-state index contributed by atoms with van der Waals surface area (Å²) in [5.74, 6) is -0.292. The van der Waals surface area contributed by atoms with Gasteiger partial charge in [-0.05, 0) is 43.9 Å². The van der Waals surface area contributed by atoms with Crippen molar-refractivity contribution in [1.29, 1.82) is 0 Å². The van der Waals surface area contributed by atoms with Crippen LogP contribution in [0.3, 0.4) is 0 Å². The predicted octanol–water partition coefficient (Wildman–Crippen LogP) is 4.05. The first-order chi connectivity index (χ1) is 10.0. The zero-order valence-corrected chi connectivity index (χ0v) is 13.5. The van der Waals surface area contributed by atoms with Crippen molar-refractivity contribution < 1.29 is 9.90 Å². The number of rotatable bonds is 5. The molecule has 2 rings (SSSR count). The van der Waals surface area contributed by atoms with E-state index in [0.717, 1.165) is 36.3 Å². The van der Waals surface area contributed by atoms with Crippen LogP contribution >= 0.6 is 11.6 Å². The summed E-state index contributed by atoms with van der Waals surface area (Å²) in [7, 11) is 2.02. The Morgan fingerprint density at radius 3 is 2.71 bits per heavy atom. The summed E-state index contributed by atoms with van der Waals surface area (Å²) in [4.78, 5) is 13.7. The topological polar surface area (TPSA) is 40.5 Å². The van der Waals surface area contributed by atoms with Gasteiger partial charge in [-0.2, -0.15) is 0 Å². The molecule has 0 heterocycles. The van der Waals surface area contributed by atoms with Crippen molar-refractivity contribution in [3.05, 3.63) is 34.9 Å². The fraction of sp³-hybridized carbons (Fsp3) is 0.588. The molecule has 0 aliphatic heterocycles. The molecule has 3 atom stereocenters. The van der Waals surface area contributed by atoms with Crippen LogP contribution in [0.1, 0.15) is 38.2 Å². The Hall–Kier alpha value is -1.06. The summed E-state index contributed by atoms with van der Waals surface area (Å²) >= 11 is 6.22. The molecule has 0 radical (unpaired) electrons. The van der Waals surface area contributed by atoms with E-state index in [1.807, 2.05) is 31.3 Å². The molecular weight excluding hydrogens is 286 g/mol. The van der Waals surface area contributed by atoms with Gasteiger partial charge in [0.2, 0.25) is 0 Å². The maximum absolute atomic E-state index is 11.5. The van der Waals surface area contributed by atoms with Gasteiger partial charge in [0.25, 0.3) is 0 Å². The number of hydrogen-bond donors (Lipinski definition) is 1. The van der Waals surface area contributed by atoms with Crippen molar-refractivity contribution in [2.45, 2.75) is 45.2 Å². The van der Waals surface area contributed by atoms with E-state index in [4.69, 9.17) is 11.6 Å². The number of hydrogen-bond acceptors (Lipinski definition) is 2. The lowest BCUT2D eigenvalue weighted by Crippen LogP contribution is -2.45. The molecular formula is C17H24ClNO2. The minimum Gasteiger partial charge on any atom is -0.481 e. The van der Waals surface area contributed by atoms with Crippen LogP contribution in [0.25, 0.3) is 0 Å². The Bertz CT molecular complexity index is 491. The molecule has 116 valence electrons. The quantitative estimate of drug-likeness (QED) is 0.892. The van der Waals surface area contributed by atoms with Gasteiger partial charge in [-0.1, -0.05) is 43.1 Å². The molecule has 1 saturated carbocycles. The van der Waals surface area contributed by atoms with E-state index in [1.54, 1.807) is 0 Å². The van der Waals surface area contributed by atoms with Gasteiger partial charge in [-0.3, -0.25) is 9.69 Å². The molecule has 1 aromatic rings. The summed E-state index contributed by atoms with van der Waals surface area (Å²) < 4.78 is 0. The van der Waals surface area contributed by atoms with Crippen LogP contribution in [0.5, 0.6) is 0 Å². The molecule has 1 aliphatic rings. The van der Waals surface area contributed by atoms with Crippen LogP contribution in [-0.4, -0.2) is 29.1 Å². The zero-order chi connectivity index (χ0) is 15.4. The van der Waals surface area contributed by atoms with Crippen LogP contribution in [0.15, 0.2) is 24.3 Å². The minimum atomic E-state index is -0.666. The van der Waals surface area contributed by atoms with Crippen LogP contribution in [0, 0.1) is 11.8 Å². The number of halogens is 1. The Kier molecular flexibility index (Phi) is 5.65. The average Bonchev–Trinajstić information content (AvgIpc) is 2.48. The van der Waals surface area contributed by atoms with Gasteiger partial charge in [-0.15, -0.1) is 0 Å². The molecule has 1 fully saturated rings. The minimum absolute atomic E-state index is 0.0949. The highest BCUT2D eigenvalue weighted by Crippen LogP contribution is 2.34. The molecule has 0 spiro atoms. The first kappa shape index (κ1) is 16.3. The third kappa shape index (κ3) is 3.98. The van der Waals surface area contributed by atoms with Crippen molar-refractivity contribution in [3.63, 3.8) is 0 Å². The van der Waals surface area contributed by atoms with Crippen LogP contribution in [0.2, 0.25) is 5.02 Å². The number of carboxylic acid groups (broad SMARTS) is 1. The second-order valence-corrected chi connectivity index (χ2v) is 6.51. The van der Waals surface area contributed by atoms with Crippen molar-refractivity contribution in [2.75, 3.05) is 7.05 Å². The molecule has 0 bridgehead atoms. The van der Waals surface area contributed by atoms with Crippen LogP contribution in [0.4, 0.5) is 0 Å². The maximum Gasteiger partial charge on any atom is 0.308 e. The fourth-order valence-electron chi connectivity index (χ4n) is 3.39. The fourth-order valence-corrected chi connectivity index (χ4v) is 3.59. The third-order valence-electron chi connectivity index (χ3n) is 4.76. The summed E-state index contributed by atoms with van der Waals surface area (Å²) in [5.41, 5.74) is 1.06. The van der Waals surface area contributed by atoms with Gasteiger partial charge < -0.3 is 5.11 Å². The van der Waals surface area contributed by atoms with Crippen molar-refractivity contribution in [2.24, 2.45) is 11.8 Å². The number of carbonyl (C=O) groups is 1. The van der Waals surface area contributed by atoms with Crippen molar-refractivity contribution >= 4 is 17.6 Å². The summed E-state index contributed by atoms with van der Waals surface area (Å²) in [5, 5.41) is 10.2. The van der Waals surface area contributed by atoms with Gasteiger partial charge in [0, 0.05) is 17.6 Å². The Balaban J connectivity index is 2.11. The van der Waals surface area contributed by atoms with Crippen molar-refractivity contribution in [1.82, 2.24) is 4.90 Å². The van der Waals surface area contributed by atoms with Gasteiger partial charge in [0.15, 0.2) is 0 Å². The number of aliphatic carboxylic acids is 1. The first-order valence-electron chi connectivity index (χ1n) is 7.69. The molecule has 1 aliphatic carbocycles. The SMILES string of the molecule is CCC1CCC(C(=O)O)C(N(C)Cc2ccccc2Cl)C1. The summed E-state index contributed by atoms with van der Waals surface area (Å²) in [6.45, 7) is 2.89. The van der Waals surface area contributed by atoms with Crippen LogP contribution < -0.4 is 0 Å². The molecule has 0 aromatic heterocycles.